The predicted octanol–water partition coefficient (Wildman–Crippen LogP) is 0.291. The zero-order valence-corrected chi connectivity index (χ0v) is 13.2. The molecule has 122 valence electrons. The molecule has 2 fully saturated rings. The molecule has 1 aliphatic heterocycles. The maximum absolute atomic E-state index is 12.0. The van der Waals surface area contributed by atoms with Crippen molar-refractivity contribution < 1.29 is 14.3 Å². The lowest BCUT2D eigenvalue weighted by atomic mass is 9.85. The zero-order chi connectivity index (χ0) is 14.4. The number of nitrogens with one attached hydrogen (secondary N) is 1. The van der Waals surface area contributed by atoms with Gasteiger partial charge in [-0.3, -0.25) is 9.59 Å². The van der Waals surface area contributed by atoms with Crippen LogP contribution in [-0.4, -0.2) is 55.6 Å². The van der Waals surface area contributed by atoms with Crippen molar-refractivity contribution in [2.45, 2.75) is 38.1 Å². The highest BCUT2D eigenvalue weighted by Gasteiger charge is 2.25. The monoisotopic (exact) mass is 319 g/mol. The highest BCUT2D eigenvalue weighted by Crippen LogP contribution is 2.23. The Labute approximate surface area is 132 Å². The fraction of sp³-hybridized carbons (Fsp3) is 0.857. The molecule has 2 aliphatic rings. The van der Waals surface area contributed by atoms with Crippen molar-refractivity contribution in [1.82, 2.24) is 10.2 Å². The molecule has 1 aliphatic carbocycles. The van der Waals surface area contributed by atoms with Gasteiger partial charge in [-0.2, -0.15) is 0 Å². The van der Waals surface area contributed by atoms with Crippen molar-refractivity contribution >= 4 is 24.2 Å². The Morgan fingerprint density at radius 3 is 2.62 bits per heavy atom. The van der Waals surface area contributed by atoms with E-state index in [1.165, 1.54) is 0 Å². The van der Waals surface area contributed by atoms with Gasteiger partial charge >= 0.3 is 0 Å². The summed E-state index contributed by atoms with van der Waals surface area (Å²) in [6, 6.07) is 0.148. The molecule has 1 saturated carbocycles. The van der Waals surface area contributed by atoms with Gasteiger partial charge in [-0.1, -0.05) is 6.42 Å². The summed E-state index contributed by atoms with van der Waals surface area (Å²) in [6.07, 6.45) is 4.08. The molecule has 0 aromatic carbocycles. The summed E-state index contributed by atoms with van der Waals surface area (Å²) in [5, 5.41) is 2.87. The van der Waals surface area contributed by atoms with Crippen LogP contribution < -0.4 is 11.1 Å². The highest BCUT2D eigenvalue weighted by molar-refractivity contribution is 5.85. The lowest BCUT2D eigenvalue weighted by Crippen LogP contribution is -2.43. The average molecular weight is 320 g/mol. The molecule has 6 nitrogen and oxygen atoms in total. The number of nitrogens with two attached hydrogens (primary N) is 1. The van der Waals surface area contributed by atoms with Gasteiger partial charge in [0.15, 0.2) is 0 Å². The molecule has 0 radical (unpaired) electrons. The number of ether oxygens (including phenoxy) is 1. The number of morpholine rings is 1. The van der Waals surface area contributed by atoms with Crippen LogP contribution in [0.5, 0.6) is 0 Å². The Kier molecular flexibility index (Phi) is 8.00. The van der Waals surface area contributed by atoms with E-state index in [-0.39, 0.29) is 36.2 Å². The Balaban J connectivity index is 0.00000220. The number of carbonyl (C=O) groups is 2. The largest absolute Gasteiger partial charge is 0.378 e. The minimum atomic E-state index is 0. The van der Waals surface area contributed by atoms with Gasteiger partial charge in [0.25, 0.3) is 0 Å². The first-order chi connectivity index (χ1) is 9.66. The van der Waals surface area contributed by atoms with Crippen molar-refractivity contribution in [3.8, 4) is 0 Å². The van der Waals surface area contributed by atoms with Gasteiger partial charge in [0.2, 0.25) is 11.8 Å². The smallest absolute Gasteiger partial charge is 0.224 e. The van der Waals surface area contributed by atoms with Crippen LogP contribution in [0.25, 0.3) is 0 Å². The summed E-state index contributed by atoms with van der Waals surface area (Å²) in [7, 11) is 0. The summed E-state index contributed by atoms with van der Waals surface area (Å²) >= 11 is 0. The molecule has 7 heteroatoms. The van der Waals surface area contributed by atoms with Crippen LogP contribution in [0.4, 0.5) is 0 Å². The van der Waals surface area contributed by atoms with E-state index >= 15 is 0 Å². The van der Waals surface area contributed by atoms with Crippen LogP contribution >= 0.6 is 12.4 Å². The molecule has 1 heterocycles. The molecule has 0 aromatic heterocycles. The fourth-order valence-electron chi connectivity index (χ4n) is 2.87. The normalized spacial score (nSPS) is 25.9. The Morgan fingerprint density at radius 1 is 1.24 bits per heavy atom. The number of hydrogen-bond donors (Lipinski definition) is 2. The number of nitrogens with zero attached hydrogens (tertiary/aromatic N) is 1. The number of hydrogen-bond acceptors (Lipinski definition) is 4. The minimum absolute atomic E-state index is 0. The molecule has 2 atom stereocenters. The van der Waals surface area contributed by atoms with Crippen molar-refractivity contribution in [1.29, 1.82) is 0 Å². The second-order valence-corrected chi connectivity index (χ2v) is 5.66. The topological polar surface area (TPSA) is 84.7 Å². The van der Waals surface area contributed by atoms with E-state index in [1.807, 2.05) is 0 Å². The van der Waals surface area contributed by atoms with Crippen molar-refractivity contribution in [3.05, 3.63) is 0 Å². The lowest BCUT2D eigenvalue weighted by Gasteiger charge is -2.27. The summed E-state index contributed by atoms with van der Waals surface area (Å²) in [5.74, 6) is 0.168. The Morgan fingerprint density at radius 2 is 1.95 bits per heavy atom. The third kappa shape index (κ3) is 5.80. The number of amides is 2. The Hall–Kier alpha value is -0.850. The third-order valence-electron chi connectivity index (χ3n) is 4.09. The van der Waals surface area contributed by atoms with Crippen molar-refractivity contribution in [2.75, 3.05) is 32.8 Å². The van der Waals surface area contributed by atoms with Crippen LogP contribution in [0.3, 0.4) is 0 Å². The number of carbonyl (C=O) groups excluding carboxylic acids is 2. The first kappa shape index (κ1) is 18.2. The third-order valence-corrected chi connectivity index (χ3v) is 4.09. The molecule has 0 spiro atoms. The van der Waals surface area contributed by atoms with E-state index in [4.69, 9.17) is 10.5 Å². The molecule has 1 saturated heterocycles. The van der Waals surface area contributed by atoms with Crippen LogP contribution in [0.2, 0.25) is 0 Å². The van der Waals surface area contributed by atoms with E-state index in [0.717, 1.165) is 25.7 Å². The lowest BCUT2D eigenvalue weighted by molar-refractivity contribution is -0.135. The van der Waals surface area contributed by atoms with Gasteiger partial charge < -0.3 is 20.7 Å². The average Bonchev–Trinajstić information content (AvgIpc) is 2.48. The van der Waals surface area contributed by atoms with E-state index < -0.39 is 0 Å². The van der Waals surface area contributed by atoms with E-state index in [0.29, 0.717) is 39.3 Å². The van der Waals surface area contributed by atoms with Gasteiger partial charge in [0, 0.05) is 38.0 Å². The second-order valence-electron chi connectivity index (χ2n) is 5.66. The molecular weight excluding hydrogens is 294 g/mol. The summed E-state index contributed by atoms with van der Waals surface area (Å²) in [5.41, 5.74) is 5.88. The van der Waals surface area contributed by atoms with E-state index in [1.54, 1.807) is 4.90 Å². The molecule has 2 amide bonds. The molecule has 2 rings (SSSR count). The van der Waals surface area contributed by atoms with Crippen molar-refractivity contribution in [3.63, 3.8) is 0 Å². The second kappa shape index (κ2) is 9.23. The van der Waals surface area contributed by atoms with Crippen LogP contribution in [0.15, 0.2) is 0 Å². The van der Waals surface area contributed by atoms with Crippen LogP contribution in [0, 0.1) is 5.92 Å². The maximum atomic E-state index is 12.0. The van der Waals surface area contributed by atoms with Crippen LogP contribution in [-0.2, 0) is 14.3 Å². The molecule has 0 bridgehead atoms. The SMILES string of the molecule is Cl.NC1CCCC(C(=O)NCCC(=O)N2CCOCC2)C1. The number of halogens is 1. The molecule has 2 unspecified atom stereocenters. The van der Waals surface area contributed by atoms with Gasteiger partial charge in [0.05, 0.1) is 13.2 Å². The first-order valence-corrected chi connectivity index (χ1v) is 7.55. The molecule has 0 aromatic rings. The van der Waals surface area contributed by atoms with Gasteiger partial charge in [0.1, 0.15) is 0 Å². The maximum Gasteiger partial charge on any atom is 0.224 e. The molecule has 3 N–H and O–H groups in total. The van der Waals surface area contributed by atoms with E-state index in [9.17, 15) is 9.59 Å². The number of rotatable bonds is 4. The summed E-state index contributed by atoms with van der Waals surface area (Å²) in [4.78, 5) is 25.7. The van der Waals surface area contributed by atoms with Gasteiger partial charge in [-0.15, -0.1) is 12.4 Å². The molecule has 21 heavy (non-hydrogen) atoms. The molecular formula is C14H26ClN3O3. The van der Waals surface area contributed by atoms with Crippen LogP contribution in [0.1, 0.15) is 32.1 Å². The van der Waals surface area contributed by atoms with E-state index in [2.05, 4.69) is 5.32 Å². The minimum Gasteiger partial charge on any atom is -0.378 e. The highest BCUT2D eigenvalue weighted by atomic mass is 35.5. The van der Waals surface area contributed by atoms with Crippen molar-refractivity contribution in [2.24, 2.45) is 11.7 Å². The first-order valence-electron chi connectivity index (χ1n) is 7.55. The quantitative estimate of drug-likeness (QED) is 0.780. The predicted molar refractivity (Wildman–Crippen MR) is 82.2 cm³/mol. The summed E-state index contributed by atoms with van der Waals surface area (Å²) in [6.45, 7) is 2.95. The van der Waals surface area contributed by atoms with Gasteiger partial charge in [-0.25, -0.2) is 0 Å². The Bertz CT molecular complexity index is 348. The standard InChI is InChI=1S/C14H25N3O3.ClH/c15-12-3-1-2-11(10-12)14(19)16-5-4-13(18)17-6-8-20-9-7-17;/h11-12H,1-10,15H2,(H,16,19);1H. The zero-order valence-electron chi connectivity index (χ0n) is 12.4. The van der Waals surface area contributed by atoms with Gasteiger partial charge in [-0.05, 0) is 19.3 Å². The summed E-state index contributed by atoms with van der Waals surface area (Å²) < 4.78 is 5.21. The fourth-order valence-corrected chi connectivity index (χ4v) is 2.87.